The van der Waals surface area contributed by atoms with Crippen molar-refractivity contribution in [2.75, 3.05) is 25.1 Å². The third-order valence-electron chi connectivity index (χ3n) is 3.65. The molecule has 1 fully saturated rings. The van der Waals surface area contributed by atoms with E-state index in [-0.39, 0.29) is 11.8 Å². The van der Waals surface area contributed by atoms with Gasteiger partial charge in [0.25, 0.3) is 0 Å². The number of nitrogens with one attached hydrogen (secondary N) is 1. The minimum Gasteiger partial charge on any atom is -0.381 e. The fraction of sp³-hybridized carbons (Fsp3) is 0.562. The van der Waals surface area contributed by atoms with Crippen LogP contribution in [-0.2, 0) is 15.3 Å². The van der Waals surface area contributed by atoms with Crippen LogP contribution < -0.4 is 11.1 Å². The van der Waals surface area contributed by atoms with Gasteiger partial charge in [-0.2, -0.15) is 11.8 Å². The summed E-state index contributed by atoms with van der Waals surface area (Å²) in [6.45, 7) is 3.96. The Morgan fingerprint density at radius 2 is 2.24 bits per heavy atom. The highest BCUT2D eigenvalue weighted by atomic mass is 32.2. The maximum Gasteiger partial charge on any atom is 0.228 e. The van der Waals surface area contributed by atoms with Gasteiger partial charge < -0.3 is 15.8 Å². The average Bonchev–Trinajstić information content (AvgIpc) is 2.53. The van der Waals surface area contributed by atoms with E-state index in [4.69, 9.17) is 10.5 Å². The van der Waals surface area contributed by atoms with Gasteiger partial charge in [0, 0.05) is 42.4 Å². The predicted octanol–water partition coefficient (Wildman–Crippen LogP) is 2.63. The van der Waals surface area contributed by atoms with E-state index in [2.05, 4.69) is 11.4 Å². The van der Waals surface area contributed by atoms with Gasteiger partial charge in [0.2, 0.25) is 5.91 Å². The summed E-state index contributed by atoms with van der Waals surface area (Å²) in [6.07, 6.45) is 2.27. The molecule has 1 aromatic rings. The van der Waals surface area contributed by atoms with Gasteiger partial charge in [0.1, 0.15) is 0 Å². The van der Waals surface area contributed by atoms with Crippen LogP contribution in [0.4, 0.5) is 5.69 Å². The normalized spacial score (nSPS) is 17.4. The molecule has 0 radical (unpaired) electrons. The molecule has 1 amide bonds. The van der Waals surface area contributed by atoms with Crippen LogP contribution in [0.25, 0.3) is 0 Å². The molecular weight excluding hydrogens is 284 g/mol. The zero-order valence-electron chi connectivity index (χ0n) is 12.5. The molecule has 116 valence electrons. The Kier molecular flexibility index (Phi) is 6.54. The van der Waals surface area contributed by atoms with Crippen LogP contribution in [0.3, 0.4) is 0 Å². The quantitative estimate of drug-likeness (QED) is 0.848. The van der Waals surface area contributed by atoms with E-state index in [1.54, 1.807) is 0 Å². The molecule has 0 aliphatic carbocycles. The van der Waals surface area contributed by atoms with Crippen molar-refractivity contribution >= 4 is 23.4 Å². The third kappa shape index (κ3) is 5.34. The summed E-state index contributed by atoms with van der Waals surface area (Å²) in [5.74, 6) is 0.790. The van der Waals surface area contributed by atoms with Crippen LogP contribution in [0.15, 0.2) is 24.3 Å². The number of hydrogen-bond acceptors (Lipinski definition) is 4. The smallest absolute Gasteiger partial charge is 0.228 e. The van der Waals surface area contributed by atoms with E-state index in [1.165, 1.54) is 5.56 Å². The number of ether oxygens (including phenoxy) is 1. The Balaban J connectivity index is 1.86. The largest absolute Gasteiger partial charge is 0.381 e. The maximum absolute atomic E-state index is 11.8. The predicted molar refractivity (Wildman–Crippen MR) is 88.4 cm³/mol. The van der Waals surface area contributed by atoms with Gasteiger partial charge in [-0.25, -0.2) is 0 Å². The number of rotatable bonds is 6. The lowest BCUT2D eigenvalue weighted by molar-refractivity contribution is -0.119. The highest BCUT2D eigenvalue weighted by Gasteiger charge is 2.14. The number of anilines is 1. The van der Waals surface area contributed by atoms with Crippen molar-refractivity contribution in [2.45, 2.75) is 30.8 Å². The molecule has 0 aromatic heterocycles. The Hall–Kier alpha value is -1.04. The van der Waals surface area contributed by atoms with E-state index in [0.29, 0.717) is 11.8 Å². The summed E-state index contributed by atoms with van der Waals surface area (Å²) in [5.41, 5.74) is 7.61. The molecule has 1 aromatic carbocycles. The van der Waals surface area contributed by atoms with E-state index >= 15 is 0 Å². The van der Waals surface area contributed by atoms with Gasteiger partial charge in [-0.1, -0.05) is 19.1 Å². The lowest BCUT2D eigenvalue weighted by Crippen LogP contribution is -2.26. The number of carbonyl (C=O) groups excluding carboxylic acids is 1. The first-order valence-corrected chi connectivity index (χ1v) is 8.53. The molecule has 0 saturated carbocycles. The highest BCUT2D eigenvalue weighted by Crippen LogP contribution is 2.26. The second-order valence-electron chi connectivity index (χ2n) is 5.45. The summed E-state index contributed by atoms with van der Waals surface area (Å²) in [6, 6.07) is 8.06. The van der Waals surface area contributed by atoms with Crippen LogP contribution in [0.5, 0.6) is 0 Å². The molecule has 3 N–H and O–H groups in total. The molecule has 1 atom stereocenters. The van der Waals surface area contributed by atoms with E-state index in [1.807, 2.05) is 36.9 Å². The van der Waals surface area contributed by atoms with Crippen molar-refractivity contribution in [3.63, 3.8) is 0 Å². The van der Waals surface area contributed by atoms with Gasteiger partial charge in [-0.05, 0) is 30.5 Å². The summed E-state index contributed by atoms with van der Waals surface area (Å²) in [4.78, 5) is 11.8. The Morgan fingerprint density at radius 3 is 2.95 bits per heavy atom. The zero-order valence-corrected chi connectivity index (χ0v) is 13.3. The molecule has 2 rings (SSSR count). The highest BCUT2D eigenvalue weighted by molar-refractivity contribution is 7.99. The molecular formula is C16H24N2O2S. The van der Waals surface area contributed by atoms with Crippen LogP contribution in [0.2, 0.25) is 0 Å². The number of thioether (sulfide) groups is 1. The molecule has 1 aliphatic rings. The molecule has 5 heteroatoms. The van der Waals surface area contributed by atoms with Gasteiger partial charge in [0.15, 0.2) is 0 Å². The van der Waals surface area contributed by atoms with Crippen molar-refractivity contribution < 1.29 is 9.53 Å². The number of amides is 1. The number of benzene rings is 1. The van der Waals surface area contributed by atoms with Crippen molar-refractivity contribution in [3.8, 4) is 0 Å². The first kappa shape index (κ1) is 16.3. The van der Waals surface area contributed by atoms with Crippen molar-refractivity contribution in [2.24, 2.45) is 11.7 Å². The van der Waals surface area contributed by atoms with Crippen LogP contribution in [0.1, 0.15) is 25.3 Å². The molecule has 1 aliphatic heterocycles. The number of carbonyl (C=O) groups is 1. The van der Waals surface area contributed by atoms with Gasteiger partial charge in [-0.3, -0.25) is 4.79 Å². The molecule has 4 nitrogen and oxygen atoms in total. The third-order valence-corrected chi connectivity index (χ3v) is 5.09. The lowest BCUT2D eigenvalue weighted by Gasteiger charge is -2.21. The van der Waals surface area contributed by atoms with Crippen LogP contribution in [-0.4, -0.2) is 30.9 Å². The fourth-order valence-electron chi connectivity index (χ4n) is 2.17. The minimum atomic E-state index is -0.162. The molecule has 1 heterocycles. The SMILES string of the molecule is CC(CN)C(=O)Nc1cccc(CSC2CCOCC2)c1. The first-order chi connectivity index (χ1) is 10.2. The monoisotopic (exact) mass is 308 g/mol. The first-order valence-electron chi connectivity index (χ1n) is 7.48. The van der Waals surface area contributed by atoms with Gasteiger partial charge in [0.05, 0.1) is 0 Å². The van der Waals surface area contributed by atoms with Gasteiger partial charge in [-0.15, -0.1) is 0 Å². The summed E-state index contributed by atoms with van der Waals surface area (Å²) >= 11 is 1.98. The zero-order chi connectivity index (χ0) is 15.1. The molecule has 0 bridgehead atoms. The summed E-state index contributed by atoms with van der Waals surface area (Å²) in [7, 11) is 0. The Labute approximate surface area is 130 Å². The van der Waals surface area contributed by atoms with E-state index in [9.17, 15) is 4.79 Å². The molecule has 0 spiro atoms. The maximum atomic E-state index is 11.8. The Bertz CT molecular complexity index is 461. The molecule has 21 heavy (non-hydrogen) atoms. The lowest BCUT2D eigenvalue weighted by atomic mass is 10.1. The molecule has 1 unspecified atom stereocenters. The van der Waals surface area contributed by atoms with Crippen LogP contribution in [0, 0.1) is 5.92 Å². The Morgan fingerprint density at radius 1 is 1.48 bits per heavy atom. The van der Waals surface area contributed by atoms with E-state index in [0.717, 1.165) is 37.5 Å². The number of nitrogens with two attached hydrogens (primary N) is 1. The van der Waals surface area contributed by atoms with E-state index < -0.39 is 0 Å². The average molecular weight is 308 g/mol. The summed E-state index contributed by atoms with van der Waals surface area (Å²) < 4.78 is 5.38. The second kappa shape index (κ2) is 8.41. The minimum absolute atomic E-state index is 0.0215. The van der Waals surface area contributed by atoms with Crippen LogP contribution >= 0.6 is 11.8 Å². The van der Waals surface area contributed by atoms with Crippen molar-refractivity contribution in [1.82, 2.24) is 0 Å². The van der Waals surface area contributed by atoms with Crippen molar-refractivity contribution in [1.29, 1.82) is 0 Å². The molecule has 1 saturated heterocycles. The van der Waals surface area contributed by atoms with Gasteiger partial charge >= 0.3 is 0 Å². The standard InChI is InChI=1S/C16H24N2O2S/c1-12(10-17)16(19)18-14-4-2-3-13(9-14)11-21-15-5-7-20-8-6-15/h2-4,9,12,15H,5-8,10-11,17H2,1H3,(H,18,19). The van der Waals surface area contributed by atoms with Crippen molar-refractivity contribution in [3.05, 3.63) is 29.8 Å². The topological polar surface area (TPSA) is 64.4 Å². The second-order valence-corrected chi connectivity index (χ2v) is 6.74. The summed E-state index contributed by atoms with van der Waals surface area (Å²) in [5, 5.41) is 3.61. The number of hydrogen-bond donors (Lipinski definition) is 2. The fourth-order valence-corrected chi connectivity index (χ4v) is 3.30.